The molecule has 7 heteroatoms. The van der Waals surface area contributed by atoms with E-state index in [-0.39, 0.29) is 0 Å². The SMILES string of the molecule is Nc1ccc(OCCN2CCN(C(=O)O)CC2)c(Br)c1. The quantitative estimate of drug-likeness (QED) is 0.813. The number of hydrogen-bond donors (Lipinski definition) is 2. The number of nitrogen functional groups attached to an aromatic ring is 1. The average molecular weight is 344 g/mol. The summed E-state index contributed by atoms with van der Waals surface area (Å²) in [4.78, 5) is 14.4. The molecule has 1 amide bonds. The molecule has 20 heavy (non-hydrogen) atoms. The summed E-state index contributed by atoms with van der Waals surface area (Å²) in [5.74, 6) is 0.767. The minimum absolute atomic E-state index is 0.556. The number of benzene rings is 1. The summed E-state index contributed by atoms with van der Waals surface area (Å²) in [6.07, 6.45) is -0.841. The average Bonchev–Trinajstić information content (AvgIpc) is 2.42. The van der Waals surface area contributed by atoms with E-state index in [0.717, 1.165) is 29.9 Å². The second-order valence-electron chi connectivity index (χ2n) is 4.65. The predicted octanol–water partition coefficient (Wildman–Crippen LogP) is 1.71. The van der Waals surface area contributed by atoms with Crippen molar-refractivity contribution in [3.8, 4) is 5.75 Å². The van der Waals surface area contributed by atoms with Crippen molar-refractivity contribution in [3.63, 3.8) is 0 Å². The van der Waals surface area contributed by atoms with Gasteiger partial charge in [-0.1, -0.05) is 0 Å². The van der Waals surface area contributed by atoms with Gasteiger partial charge in [0.05, 0.1) is 4.47 Å². The van der Waals surface area contributed by atoms with E-state index in [0.29, 0.717) is 25.4 Å². The maximum atomic E-state index is 10.8. The van der Waals surface area contributed by atoms with Crippen LogP contribution in [0.3, 0.4) is 0 Å². The van der Waals surface area contributed by atoms with Gasteiger partial charge in [0.1, 0.15) is 12.4 Å². The van der Waals surface area contributed by atoms with Crippen molar-refractivity contribution in [1.29, 1.82) is 0 Å². The van der Waals surface area contributed by atoms with Crippen molar-refractivity contribution in [1.82, 2.24) is 9.80 Å². The van der Waals surface area contributed by atoms with Crippen LogP contribution in [0, 0.1) is 0 Å². The molecule has 0 saturated carbocycles. The molecule has 1 saturated heterocycles. The van der Waals surface area contributed by atoms with Gasteiger partial charge in [0.2, 0.25) is 0 Å². The van der Waals surface area contributed by atoms with Crippen LogP contribution in [0.4, 0.5) is 10.5 Å². The molecule has 6 nitrogen and oxygen atoms in total. The molecule has 0 aliphatic carbocycles. The fourth-order valence-electron chi connectivity index (χ4n) is 2.08. The standard InChI is InChI=1S/C13H18BrN3O3/c14-11-9-10(15)1-2-12(11)20-8-7-16-3-5-17(6-4-16)13(18)19/h1-2,9H,3-8,15H2,(H,18,19). The van der Waals surface area contributed by atoms with Crippen LogP contribution in [-0.4, -0.2) is 60.3 Å². The zero-order valence-electron chi connectivity index (χ0n) is 11.1. The summed E-state index contributed by atoms with van der Waals surface area (Å²) in [6.45, 7) is 3.96. The number of halogens is 1. The topological polar surface area (TPSA) is 79.0 Å². The first-order valence-corrected chi connectivity index (χ1v) is 7.23. The molecule has 1 aliphatic rings. The molecular formula is C13H18BrN3O3. The van der Waals surface area contributed by atoms with E-state index >= 15 is 0 Å². The summed E-state index contributed by atoms with van der Waals surface area (Å²) < 4.78 is 6.54. The Morgan fingerprint density at radius 3 is 2.65 bits per heavy atom. The van der Waals surface area contributed by atoms with Crippen LogP contribution in [0.2, 0.25) is 0 Å². The lowest BCUT2D eigenvalue weighted by Crippen LogP contribution is -2.49. The molecule has 1 heterocycles. The van der Waals surface area contributed by atoms with E-state index < -0.39 is 6.09 Å². The van der Waals surface area contributed by atoms with Crippen molar-refractivity contribution in [2.45, 2.75) is 0 Å². The Balaban J connectivity index is 1.73. The number of anilines is 1. The Labute approximate surface area is 126 Å². The number of ether oxygens (including phenoxy) is 1. The highest BCUT2D eigenvalue weighted by Gasteiger charge is 2.19. The minimum Gasteiger partial charge on any atom is -0.491 e. The Bertz CT molecular complexity index is 476. The number of carboxylic acid groups (broad SMARTS) is 1. The van der Waals surface area contributed by atoms with Crippen LogP contribution in [0.1, 0.15) is 0 Å². The second kappa shape index (κ2) is 6.81. The third kappa shape index (κ3) is 4.01. The van der Waals surface area contributed by atoms with Crippen LogP contribution in [0.15, 0.2) is 22.7 Å². The van der Waals surface area contributed by atoms with E-state index in [9.17, 15) is 4.79 Å². The maximum absolute atomic E-state index is 10.8. The number of nitrogens with two attached hydrogens (primary N) is 1. The first-order chi connectivity index (χ1) is 9.56. The highest BCUT2D eigenvalue weighted by Crippen LogP contribution is 2.26. The molecule has 1 aliphatic heterocycles. The highest BCUT2D eigenvalue weighted by atomic mass is 79.9. The molecule has 3 N–H and O–H groups in total. The van der Waals surface area contributed by atoms with Crippen molar-refractivity contribution in [3.05, 3.63) is 22.7 Å². The van der Waals surface area contributed by atoms with E-state index in [2.05, 4.69) is 20.8 Å². The number of hydrogen-bond acceptors (Lipinski definition) is 4. The molecule has 1 aromatic carbocycles. The van der Waals surface area contributed by atoms with Gasteiger partial charge in [-0.2, -0.15) is 0 Å². The zero-order valence-corrected chi connectivity index (χ0v) is 12.7. The van der Waals surface area contributed by atoms with Crippen LogP contribution >= 0.6 is 15.9 Å². The van der Waals surface area contributed by atoms with Crippen LogP contribution in [0.5, 0.6) is 5.75 Å². The number of nitrogens with zero attached hydrogens (tertiary/aromatic N) is 2. The molecular weight excluding hydrogens is 326 g/mol. The summed E-state index contributed by atoms with van der Waals surface area (Å²) in [7, 11) is 0. The highest BCUT2D eigenvalue weighted by molar-refractivity contribution is 9.10. The molecule has 0 aromatic heterocycles. The van der Waals surface area contributed by atoms with Gasteiger partial charge >= 0.3 is 6.09 Å². The number of piperazine rings is 1. The Hall–Kier alpha value is -1.47. The summed E-state index contributed by atoms with van der Waals surface area (Å²) in [5, 5.41) is 8.87. The number of amides is 1. The Kier molecular flexibility index (Phi) is 5.08. The molecule has 0 atom stereocenters. The summed E-state index contributed by atoms with van der Waals surface area (Å²) >= 11 is 3.41. The first-order valence-electron chi connectivity index (χ1n) is 6.44. The van der Waals surface area contributed by atoms with Crippen LogP contribution < -0.4 is 10.5 Å². The van der Waals surface area contributed by atoms with Crippen molar-refractivity contribution >= 4 is 27.7 Å². The van der Waals surface area contributed by atoms with Gasteiger partial charge in [-0.25, -0.2) is 4.79 Å². The fourth-order valence-corrected chi connectivity index (χ4v) is 2.59. The largest absolute Gasteiger partial charge is 0.491 e. The molecule has 0 radical (unpaired) electrons. The maximum Gasteiger partial charge on any atom is 0.407 e. The van der Waals surface area contributed by atoms with Crippen molar-refractivity contribution < 1.29 is 14.6 Å². The molecule has 0 bridgehead atoms. The van der Waals surface area contributed by atoms with Crippen LogP contribution in [-0.2, 0) is 0 Å². The van der Waals surface area contributed by atoms with Gasteiger partial charge < -0.3 is 20.5 Å². The zero-order chi connectivity index (χ0) is 14.5. The van der Waals surface area contributed by atoms with Gasteiger partial charge in [-0.15, -0.1) is 0 Å². The molecule has 1 fully saturated rings. The van der Waals surface area contributed by atoms with Gasteiger partial charge in [-0.3, -0.25) is 4.90 Å². The number of carbonyl (C=O) groups is 1. The second-order valence-corrected chi connectivity index (χ2v) is 5.50. The third-order valence-corrected chi connectivity index (χ3v) is 3.88. The van der Waals surface area contributed by atoms with Gasteiger partial charge in [0.15, 0.2) is 0 Å². The van der Waals surface area contributed by atoms with E-state index in [1.165, 1.54) is 4.90 Å². The lowest BCUT2D eigenvalue weighted by atomic mass is 10.3. The lowest BCUT2D eigenvalue weighted by molar-refractivity contribution is 0.0984. The van der Waals surface area contributed by atoms with E-state index in [1.54, 1.807) is 12.1 Å². The monoisotopic (exact) mass is 343 g/mol. The van der Waals surface area contributed by atoms with Crippen molar-refractivity contribution in [2.75, 3.05) is 45.1 Å². The molecule has 2 rings (SSSR count). The van der Waals surface area contributed by atoms with Crippen LogP contribution in [0.25, 0.3) is 0 Å². The predicted molar refractivity (Wildman–Crippen MR) is 80.1 cm³/mol. The van der Waals surface area contributed by atoms with Gasteiger partial charge in [0.25, 0.3) is 0 Å². The van der Waals surface area contributed by atoms with E-state index in [1.807, 2.05) is 6.07 Å². The normalized spacial score (nSPS) is 16.1. The van der Waals surface area contributed by atoms with E-state index in [4.69, 9.17) is 15.6 Å². The molecule has 0 spiro atoms. The fraction of sp³-hybridized carbons (Fsp3) is 0.462. The third-order valence-electron chi connectivity index (χ3n) is 3.26. The summed E-state index contributed by atoms with van der Waals surface area (Å²) in [6, 6.07) is 5.44. The smallest absolute Gasteiger partial charge is 0.407 e. The number of rotatable bonds is 4. The van der Waals surface area contributed by atoms with Crippen molar-refractivity contribution in [2.24, 2.45) is 0 Å². The Morgan fingerprint density at radius 1 is 1.35 bits per heavy atom. The van der Waals surface area contributed by atoms with Gasteiger partial charge in [-0.05, 0) is 34.1 Å². The lowest BCUT2D eigenvalue weighted by Gasteiger charge is -2.32. The first kappa shape index (κ1) is 14.9. The molecule has 0 unspecified atom stereocenters. The molecule has 110 valence electrons. The molecule has 1 aromatic rings. The minimum atomic E-state index is -0.841. The Morgan fingerprint density at radius 2 is 2.05 bits per heavy atom. The van der Waals surface area contributed by atoms with Gasteiger partial charge in [0, 0.05) is 38.4 Å². The summed E-state index contributed by atoms with van der Waals surface area (Å²) in [5.41, 5.74) is 6.35.